The Morgan fingerprint density at radius 1 is 1.12 bits per heavy atom. The molecule has 0 aliphatic carbocycles. The zero-order valence-electron chi connectivity index (χ0n) is 24.4. The van der Waals surface area contributed by atoms with Crippen LogP contribution in [0, 0.1) is 17.8 Å². The van der Waals surface area contributed by atoms with Crippen molar-refractivity contribution in [1.82, 2.24) is 9.80 Å². The molecule has 2 amide bonds. The predicted molar refractivity (Wildman–Crippen MR) is 163 cm³/mol. The number of fused-ring (bicyclic) bond motifs is 1. The van der Waals surface area contributed by atoms with E-state index in [1.165, 1.54) is 0 Å². The number of aliphatic hydroxyl groups excluding tert-OH is 1. The van der Waals surface area contributed by atoms with E-state index in [1.807, 2.05) is 41.3 Å². The van der Waals surface area contributed by atoms with Crippen molar-refractivity contribution < 1.29 is 24.2 Å². The minimum atomic E-state index is -0.660. The third kappa shape index (κ3) is 6.43. The lowest BCUT2D eigenvalue weighted by Crippen LogP contribution is -2.57. The molecule has 1 aromatic rings. The van der Waals surface area contributed by atoms with Gasteiger partial charge in [-0.3, -0.25) is 14.4 Å². The summed E-state index contributed by atoms with van der Waals surface area (Å²) in [6, 6.07) is 9.24. The SMILES string of the molecule is C=CCCCCOC(=O)[C@@H]1[C@H]2C(=O)N(CCCCCCO)C(C(=O)N(CC=C)Cc3ccccc3)C23S[C@@H]1CC3C. The van der Waals surface area contributed by atoms with Gasteiger partial charge in [-0.2, -0.15) is 0 Å². The highest BCUT2D eigenvalue weighted by atomic mass is 32.2. The summed E-state index contributed by atoms with van der Waals surface area (Å²) < 4.78 is 5.09. The van der Waals surface area contributed by atoms with Crippen LogP contribution in [0.1, 0.15) is 63.9 Å². The van der Waals surface area contributed by atoms with E-state index in [0.29, 0.717) is 26.2 Å². The van der Waals surface area contributed by atoms with Gasteiger partial charge in [0, 0.05) is 31.5 Å². The lowest BCUT2D eigenvalue weighted by molar-refractivity contribution is -0.154. The number of ether oxygens (including phenoxy) is 1. The van der Waals surface area contributed by atoms with E-state index in [-0.39, 0.29) is 35.6 Å². The van der Waals surface area contributed by atoms with Crippen LogP contribution in [0.2, 0.25) is 0 Å². The quantitative estimate of drug-likeness (QED) is 0.158. The van der Waals surface area contributed by atoms with Crippen molar-refractivity contribution in [2.24, 2.45) is 17.8 Å². The second-order valence-electron chi connectivity index (χ2n) is 11.7. The van der Waals surface area contributed by atoms with Crippen molar-refractivity contribution in [3.05, 3.63) is 61.2 Å². The first-order valence-corrected chi connectivity index (χ1v) is 16.1. The molecule has 1 spiro atoms. The van der Waals surface area contributed by atoms with Gasteiger partial charge in [0.2, 0.25) is 11.8 Å². The number of carbonyl (C=O) groups excluding carboxylic acids is 3. The molecule has 3 aliphatic heterocycles. The summed E-state index contributed by atoms with van der Waals surface area (Å²) in [5, 5.41) is 9.16. The van der Waals surface area contributed by atoms with E-state index >= 15 is 0 Å². The van der Waals surface area contributed by atoms with Gasteiger partial charge in [-0.05, 0) is 50.0 Å². The third-order valence-electron chi connectivity index (χ3n) is 8.98. The summed E-state index contributed by atoms with van der Waals surface area (Å²) in [5.41, 5.74) is 1.02. The number of nitrogens with zero attached hydrogens (tertiary/aromatic N) is 2. The maximum absolute atomic E-state index is 14.6. The molecule has 0 radical (unpaired) electrons. The molecule has 0 aromatic heterocycles. The fraction of sp³-hybridized carbons (Fsp3) is 0.606. The molecule has 3 heterocycles. The number of allylic oxidation sites excluding steroid dienone is 1. The summed E-state index contributed by atoms with van der Waals surface area (Å²) >= 11 is 1.69. The van der Waals surface area contributed by atoms with Crippen LogP contribution in [-0.4, -0.2) is 75.0 Å². The highest BCUT2D eigenvalue weighted by molar-refractivity contribution is 8.02. The van der Waals surface area contributed by atoms with Crippen molar-refractivity contribution in [3.8, 4) is 0 Å². The number of unbranched alkanes of at least 4 members (excludes halogenated alkanes) is 5. The molecule has 2 bridgehead atoms. The van der Waals surface area contributed by atoms with E-state index in [0.717, 1.165) is 56.9 Å². The molecule has 3 unspecified atom stereocenters. The first-order valence-electron chi connectivity index (χ1n) is 15.2. The van der Waals surface area contributed by atoms with E-state index in [2.05, 4.69) is 20.1 Å². The number of aliphatic hydroxyl groups is 1. The Kier molecular flexibility index (Phi) is 11.1. The molecule has 3 saturated heterocycles. The summed E-state index contributed by atoms with van der Waals surface area (Å²) in [6.07, 6.45) is 10.1. The van der Waals surface area contributed by atoms with Crippen LogP contribution in [0.3, 0.4) is 0 Å². The maximum atomic E-state index is 14.6. The summed E-state index contributed by atoms with van der Waals surface area (Å²) in [4.78, 5) is 45.9. The second-order valence-corrected chi connectivity index (χ2v) is 13.2. The molecule has 3 aliphatic rings. The molecule has 8 heteroatoms. The van der Waals surface area contributed by atoms with Crippen molar-refractivity contribution >= 4 is 29.5 Å². The van der Waals surface area contributed by atoms with Crippen molar-refractivity contribution in [2.75, 3.05) is 26.3 Å². The van der Waals surface area contributed by atoms with Gasteiger partial charge in [-0.1, -0.05) is 62.2 Å². The number of esters is 1. The zero-order chi connectivity index (χ0) is 29.4. The smallest absolute Gasteiger partial charge is 0.310 e. The molecule has 0 saturated carbocycles. The Bertz CT molecular complexity index is 1080. The van der Waals surface area contributed by atoms with Crippen LogP contribution in [0.4, 0.5) is 0 Å². The Morgan fingerprint density at radius 3 is 2.59 bits per heavy atom. The normalized spacial score (nSPS) is 28.0. The lowest BCUT2D eigenvalue weighted by atomic mass is 9.66. The number of rotatable bonds is 17. The van der Waals surface area contributed by atoms with Gasteiger partial charge in [0.1, 0.15) is 6.04 Å². The molecule has 6 atom stereocenters. The average molecular weight is 583 g/mol. The van der Waals surface area contributed by atoms with E-state index in [9.17, 15) is 19.5 Å². The molecule has 41 heavy (non-hydrogen) atoms. The molecule has 7 nitrogen and oxygen atoms in total. The second kappa shape index (κ2) is 14.5. The van der Waals surface area contributed by atoms with Crippen LogP contribution in [0.15, 0.2) is 55.6 Å². The minimum absolute atomic E-state index is 0.0244. The van der Waals surface area contributed by atoms with Gasteiger partial charge in [0.05, 0.1) is 23.2 Å². The number of benzene rings is 1. The largest absolute Gasteiger partial charge is 0.465 e. The van der Waals surface area contributed by atoms with Crippen LogP contribution in [-0.2, 0) is 25.7 Å². The number of amides is 2. The first-order chi connectivity index (χ1) is 19.9. The summed E-state index contributed by atoms with van der Waals surface area (Å²) in [5.74, 6) is -1.43. The molecular formula is C33H46N2O5S. The van der Waals surface area contributed by atoms with Crippen LogP contribution >= 0.6 is 11.8 Å². The number of carbonyl (C=O) groups is 3. The van der Waals surface area contributed by atoms with Gasteiger partial charge >= 0.3 is 5.97 Å². The number of thioether (sulfide) groups is 1. The third-order valence-corrected chi connectivity index (χ3v) is 11.1. The van der Waals surface area contributed by atoms with Gasteiger partial charge in [-0.25, -0.2) is 0 Å². The molecular weight excluding hydrogens is 536 g/mol. The Labute approximate surface area is 249 Å². The zero-order valence-corrected chi connectivity index (χ0v) is 25.2. The molecule has 1 aromatic carbocycles. The van der Waals surface area contributed by atoms with Gasteiger partial charge in [0.25, 0.3) is 0 Å². The lowest BCUT2D eigenvalue weighted by Gasteiger charge is -2.40. The summed E-state index contributed by atoms with van der Waals surface area (Å²) in [7, 11) is 0. The monoisotopic (exact) mass is 582 g/mol. The fourth-order valence-corrected chi connectivity index (χ4v) is 9.48. The molecule has 3 fully saturated rings. The van der Waals surface area contributed by atoms with E-state index in [4.69, 9.17) is 4.74 Å². The summed E-state index contributed by atoms with van der Waals surface area (Å²) in [6.45, 7) is 11.6. The first kappa shape index (κ1) is 31.4. The topological polar surface area (TPSA) is 87.1 Å². The Morgan fingerprint density at radius 2 is 1.88 bits per heavy atom. The van der Waals surface area contributed by atoms with Crippen LogP contribution in [0.5, 0.6) is 0 Å². The van der Waals surface area contributed by atoms with Crippen LogP contribution < -0.4 is 0 Å². The fourth-order valence-electron chi connectivity index (χ4n) is 7.08. The number of likely N-dealkylation sites (tertiary alicyclic amines) is 1. The Balaban J connectivity index is 1.62. The van der Waals surface area contributed by atoms with Crippen molar-refractivity contribution in [2.45, 2.75) is 80.9 Å². The Hall–Kier alpha value is -2.58. The number of hydrogen-bond donors (Lipinski definition) is 1. The standard InChI is InChI=1S/C33H46N2O5S/c1-4-6-7-15-21-40-32(39)27-26-22-24(3)33(41-26)28(27)30(37)35(19-13-8-9-14-20-36)29(33)31(38)34(18-5-2)23-25-16-11-10-12-17-25/h4-5,10-12,16-17,24,26-29,36H,1-2,6-9,13-15,18-23H2,3H3/t24?,26-,27+,28+,29?,33?/m1/s1. The van der Waals surface area contributed by atoms with Crippen LogP contribution in [0.25, 0.3) is 0 Å². The molecule has 1 N–H and O–H groups in total. The molecule has 224 valence electrons. The minimum Gasteiger partial charge on any atom is -0.465 e. The van der Waals surface area contributed by atoms with Gasteiger partial charge in [-0.15, -0.1) is 24.9 Å². The molecule has 4 rings (SSSR count). The van der Waals surface area contributed by atoms with E-state index in [1.54, 1.807) is 22.7 Å². The van der Waals surface area contributed by atoms with E-state index < -0.39 is 22.6 Å². The average Bonchev–Trinajstić information content (AvgIpc) is 3.56. The number of hydrogen-bond acceptors (Lipinski definition) is 6. The maximum Gasteiger partial charge on any atom is 0.310 e. The van der Waals surface area contributed by atoms with Gasteiger partial charge < -0.3 is 19.6 Å². The van der Waals surface area contributed by atoms with Crippen molar-refractivity contribution in [3.63, 3.8) is 0 Å². The highest BCUT2D eigenvalue weighted by Gasteiger charge is 2.76. The highest BCUT2D eigenvalue weighted by Crippen LogP contribution is 2.68. The van der Waals surface area contributed by atoms with Gasteiger partial charge in [0.15, 0.2) is 0 Å². The van der Waals surface area contributed by atoms with Crippen molar-refractivity contribution in [1.29, 1.82) is 0 Å². The predicted octanol–water partition coefficient (Wildman–Crippen LogP) is 4.99.